The molecule has 0 radical (unpaired) electrons. The van der Waals surface area contributed by atoms with Crippen LogP contribution in [0.5, 0.6) is 0 Å². The Morgan fingerprint density at radius 2 is 2.00 bits per heavy atom. The number of benzene rings is 1. The summed E-state index contributed by atoms with van der Waals surface area (Å²) in [7, 11) is 0. The van der Waals surface area contributed by atoms with E-state index in [4.69, 9.17) is 16.6 Å². The first-order valence-corrected chi connectivity index (χ1v) is 12.0. The smallest absolute Gasteiger partial charge is 0.278 e. The van der Waals surface area contributed by atoms with Crippen molar-refractivity contribution in [2.75, 3.05) is 18.0 Å². The molecule has 1 aliphatic carbocycles. The monoisotopic (exact) mass is 457 g/mol. The summed E-state index contributed by atoms with van der Waals surface area (Å²) in [4.78, 5) is 33.1. The van der Waals surface area contributed by atoms with E-state index in [-0.39, 0.29) is 17.4 Å². The normalized spacial score (nSPS) is 18.7. The van der Waals surface area contributed by atoms with Crippen molar-refractivity contribution in [1.29, 1.82) is 0 Å². The second-order valence-electron chi connectivity index (χ2n) is 8.26. The fraction of sp³-hybridized carbons (Fsp3) is 0.455. The van der Waals surface area contributed by atoms with Gasteiger partial charge < -0.3 is 10.2 Å². The van der Waals surface area contributed by atoms with Gasteiger partial charge in [-0.05, 0) is 56.2 Å². The van der Waals surface area contributed by atoms with Crippen LogP contribution < -0.4 is 15.8 Å². The lowest BCUT2D eigenvalue weighted by Gasteiger charge is -2.31. The average molecular weight is 458 g/mol. The zero-order valence-corrected chi connectivity index (χ0v) is 18.7. The van der Waals surface area contributed by atoms with Crippen LogP contribution in [0.3, 0.4) is 0 Å². The van der Waals surface area contributed by atoms with Gasteiger partial charge in [0.1, 0.15) is 0 Å². The number of nitrogens with zero attached hydrogens (tertiary/aromatic N) is 4. The fourth-order valence-corrected chi connectivity index (χ4v) is 5.46. The van der Waals surface area contributed by atoms with E-state index in [0.29, 0.717) is 23.1 Å². The molecule has 1 aliphatic heterocycles. The number of hydrogen-bond acceptors (Lipinski definition) is 6. The Bertz CT molecular complexity index is 1170. The Balaban J connectivity index is 1.30. The molecule has 1 amide bonds. The molecule has 1 fully saturated rings. The molecule has 0 unspecified atom stereocenters. The van der Waals surface area contributed by atoms with Crippen LogP contribution in [-0.2, 0) is 24.2 Å². The number of fused-ring (bicyclic) bond motifs is 2. The van der Waals surface area contributed by atoms with Crippen LogP contribution in [0.1, 0.15) is 42.5 Å². The molecule has 2 aromatic heterocycles. The molecule has 0 spiro atoms. The van der Waals surface area contributed by atoms with E-state index in [1.54, 1.807) is 0 Å². The topological polar surface area (TPSA) is 79.6 Å². The molecule has 31 heavy (non-hydrogen) atoms. The highest BCUT2D eigenvalue weighted by molar-refractivity contribution is 7.20. The average Bonchev–Trinajstić information content (AvgIpc) is 3.23. The number of amides is 1. The maximum Gasteiger partial charge on any atom is 0.278 e. The van der Waals surface area contributed by atoms with Gasteiger partial charge in [0.2, 0.25) is 16.0 Å². The molecule has 7 nitrogen and oxygen atoms in total. The molecule has 3 heterocycles. The number of hydrogen-bond donors (Lipinski definition) is 1. The van der Waals surface area contributed by atoms with Gasteiger partial charge in [-0.2, -0.15) is 4.52 Å². The quantitative estimate of drug-likeness (QED) is 0.650. The highest BCUT2D eigenvalue weighted by Crippen LogP contribution is 2.28. The number of piperidine rings is 1. The van der Waals surface area contributed by atoms with Gasteiger partial charge in [0.15, 0.2) is 0 Å². The first-order chi connectivity index (χ1) is 15.1. The molecule has 9 heteroatoms. The standard InChI is InChI=1S/C22H24ClN5O2S/c23-16-9-7-14(8-10-16)12-24-19(29)15-4-3-11-27(13-15)22-26-28-20(30)17-5-1-2-6-18(17)25-21(28)31-22/h7-10,15H,1-6,11-13H2,(H,24,29)/t15-/m1/s1. The molecular formula is C22H24ClN5O2S. The molecule has 1 saturated heterocycles. The highest BCUT2D eigenvalue weighted by Gasteiger charge is 2.28. The Labute approximate surface area is 189 Å². The van der Waals surface area contributed by atoms with E-state index < -0.39 is 0 Å². The minimum Gasteiger partial charge on any atom is -0.352 e. The summed E-state index contributed by atoms with van der Waals surface area (Å²) in [5, 5.41) is 9.07. The lowest BCUT2D eigenvalue weighted by atomic mass is 9.97. The number of nitrogens with one attached hydrogen (secondary N) is 1. The van der Waals surface area contributed by atoms with Gasteiger partial charge in [-0.25, -0.2) is 4.98 Å². The molecule has 3 aromatic rings. The third-order valence-electron chi connectivity index (χ3n) is 6.11. The maximum atomic E-state index is 12.9. The summed E-state index contributed by atoms with van der Waals surface area (Å²) in [6, 6.07) is 7.49. The number of aryl methyl sites for hydroxylation is 1. The first-order valence-electron chi connectivity index (χ1n) is 10.8. The van der Waals surface area contributed by atoms with E-state index in [9.17, 15) is 9.59 Å². The van der Waals surface area contributed by atoms with Crippen molar-refractivity contribution >= 4 is 38.9 Å². The molecule has 162 valence electrons. The van der Waals surface area contributed by atoms with Crippen molar-refractivity contribution in [3.05, 3.63) is 56.5 Å². The van der Waals surface area contributed by atoms with E-state index >= 15 is 0 Å². The van der Waals surface area contributed by atoms with Crippen molar-refractivity contribution < 1.29 is 4.79 Å². The lowest BCUT2D eigenvalue weighted by molar-refractivity contribution is -0.125. The number of aromatic nitrogens is 3. The third kappa shape index (κ3) is 4.19. The summed E-state index contributed by atoms with van der Waals surface area (Å²) in [6.07, 6.45) is 5.53. The van der Waals surface area contributed by atoms with Crippen LogP contribution in [0.2, 0.25) is 5.02 Å². The second kappa shape index (κ2) is 8.59. The van der Waals surface area contributed by atoms with Gasteiger partial charge in [0, 0.05) is 30.2 Å². The second-order valence-corrected chi connectivity index (χ2v) is 9.63. The molecule has 2 aliphatic rings. The van der Waals surface area contributed by atoms with Crippen LogP contribution in [-0.4, -0.2) is 33.6 Å². The van der Waals surface area contributed by atoms with E-state index in [2.05, 4.69) is 15.3 Å². The van der Waals surface area contributed by atoms with E-state index in [0.717, 1.165) is 67.0 Å². The van der Waals surface area contributed by atoms with Crippen LogP contribution in [0, 0.1) is 5.92 Å². The SMILES string of the molecule is O=C(NCc1ccc(Cl)cc1)[C@@H]1CCCN(c2nn3c(=O)c4c(nc3s2)CCCC4)C1. The zero-order valence-electron chi connectivity index (χ0n) is 17.1. The Hall–Kier alpha value is -2.45. The van der Waals surface area contributed by atoms with E-state index in [1.807, 2.05) is 24.3 Å². The van der Waals surface area contributed by atoms with Crippen LogP contribution in [0.25, 0.3) is 4.96 Å². The van der Waals surface area contributed by atoms with E-state index in [1.165, 1.54) is 15.9 Å². The minimum absolute atomic E-state index is 0.0310. The lowest BCUT2D eigenvalue weighted by Crippen LogP contribution is -2.43. The predicted molar refractivity (Wildman–Crippen MR) is 122 cm³/mol. The molecule has 1 atom stereocenters. The van der Waals surface area contributed by atoms with Gasteiger partial charge in [0.05, 0.1) is 11.6 Å². The van der Waals surface area contributed by atoms with Gasteiger partial charge in [-0.3, -0.25) is 9.59 Å². The van der Waals surface area contributed by atoms with Crippen molar-refractivity contribution in [3.8, 4) is 0 Å². The molecule has 0 bridgehead atoms. The summed E-state index contributed by atoms with van der Waals surface area (Å²) >= 11 is 7.36. The molecular weight excluding hydrogens is 434 g/mol. The van der Waals surface area contributed by atoms with Gasteiger partial charge in [-0.1, -0.05) is 35.1 Å². The van der Waals surface area contributed by atoms with Crippen molar-refractivity contribution in [3.63, 3.8) is 0 Å². The Morgan fingerprint density at radius 3 is 2.84 bits per heavy atom. The number of halogens is 1. The number of carbonyl (C=O) groups excluding carboxylic acids is 1. The first kappa shape index (κ1) is 20.5. The summed E-state index contributed by atoms with van der Waals surface area (Å²) in [6.45, 7) is 1.91. The van der Waals surface area contributed by atoms with Gasteiger partial charge in [-0.15, -0.1) is 5.10 Å². The molecule has 1 N–H and O–H groups in total. The number of anilines is 1. The van der Waals surface area contributed by atoms with Crippen molar-refractivity contribution in [2.24, 2.45) is 5.92 Å². The van der Waals surface area contributed by atoms with Crippen molar-refractivity contribution in [1.82, 2.24) is 19.9 Å². The minimum atomic E-state index is -0.106. The molecule has 1 aromatic carbocycles. The highest BCUT2D eigenvalue weighted by atomic mass is 35.5. The van der Waals surface area contributed by atoms with Crippen LogP contribution in [0.4, 0.5) is 5.13 Å². The zero-order chi connectivity index (χ0) is 21.4. The number of carbonyl (C=O) groups is 1. The summed E-state index contributed by atoms with van der Waals surface area (Å²) < 4.78 is 1.45. The fourth-order valence-electron chi connectivity index (χ4n) is 4.39. The largest absolute Gasteiger partial charge is 0.352 e. The third-order valence-corrected chi connectivity index (χ3v) is 7.33. The van der Waals surface area contributed by atoms with Crippen molar-refractivity contribution in [2.45, 2.75) is 45.1 Å². The van der Waals surface area contributed by atoms with Gasteiger partial charge in [0.25, 0.3) is 5.56 Å². The molecule has 5 rings (SSSR count). The molecule has 0 saturated carbocycles. The summed E-state index contributed by atoms with van der Waals surface area (Å²) in [5.74, 6) is -0.0579. The predicted octanol–water partition coefficient (Wildman–Crippen LogP) is 3.22. The maximum absolute atomic E-state index is 12.9. The number of rotatable bonds is 4. The Kier molecular flexibility index (Phi) is 5.67. The van der Waals surface area contributed by atoms with Crippen LogP contribution in [0.15, 0.2) is 29.1 Å². The Morgan fingerprint density at radius 1 is 1.19 bits per heavy atom. The summed E-state index contributed by atoms with van der Waals surface area (Å²) in [5.41, 5.74) is 2.74. The van der Waals surface area contributed by atoms with Crippen LogP contribution >= 0.6 is 22.9 Å². The van der Waals surface area contributed by atoms with Gasteiger partial charge >= 0.3 is 0 Å².